The Bertz CT molecular complexity index is 723. The summed E-state index contributed by atoms with van der Waals surface area (Å²) < 4.78 is 11.2. The third-order valence-corrected chi connectivity index (χ3v) is 4.99. The van der Waals surface area contributed by atoms with Gasteiger partial charge in [-0.15, -0.1) is 11.3 Å². The van der Waals surface area contributed by atoms with Gasteiger partial charge in [-0.2, -0.15) is 0 Å². The van der Waals surface area contributed by atoms with Gasteiger partial charge in [-0.25, -0.2) is 0 Å². The smallest absolute Gasteiger partial charge is 0.261 e. The SMILES string of the molecule is CC(C)CC(C)NC(=O)c1ccc(-c2ccc3c(c2)OCCO3)s1. The number of amides is 1. The third-order valence-electron chi connectivity index (χ3n) is 3.86. The minimum atomic E-state index is -0.00283. The van der Waals surface area contributed by atoms with Crippen LogP contribution >= 0.6 is 11.3 Å². The largest absolute Gasteiger partial charge is 0.486 e. The van der Waals surface area contributed by atoms with Crippen LogP contribution < -0.4 is 14.8 Å². The molecular formula is C19H23NO3S. The second-order valence-electron chi connectivity index (χ2n) is 6.53. The van der Waals surface area contributed by atoms with Crippen molar-refractivity contribution in [1.82, 2.24) is 5.32 Å². The second-order valence-corrected chi connectivity index (χ2v) is 7.61. The lowest BCUT2D eigenvalue weighted by Gasteiger charge is -2.18. The number of hydrogen-bond donors (Lipinski definition) is 1. The lowest BCUT2D eigenvalue weighted by Crippen LogP contribution is -2.32. The Labute approximate surface area is 146 Å². The predicted octanol–water partition coefficient (Wildman–Crippen LogP) is 4.35. The monoisotopic (exact) mass is 345 g/mol. The molecule has 0 saturated carbocycles. The zero-order valence-electron chi connectivity index (χ0n) is 14.3. The zero-order valence-corrected chi connectivity index (χ0v) is 15.1. The molecular weight excluding hydrogens is 322 g/mol. The molecule has 24 heavy (non-hydrogen) atoms. The van der Waals surface area contributed by atoms with Crippen molar-refractivity contribution in [1.29, 1.82) is 0 Å². The van der Waals surface area contributed by atoms with E-state index in [9.17, 15) is 4.79 Å². The van der Waals surface area contributed by atoms with E-state index in [1.807, 2.05) is 37.3 Å². The van der Waals surface area contributed by atoms with E-state index in [0.29, 0.717) is 19.1 Å². The van der Waals surface area contributed by atoms with Crippen LogP contribution in [0.25, 0.3) is 10.4 Å². The quantitative estimate of drug-likeness (QED) is 0.876. The van der Waals surface area contributed by atoms with Crippen LogP contribution in [-0.4, -0.2) is 25.2 Å². The number of hydrogen-bond acceptors (Lipinski definition) is 4. The molecule has 1 amide bonds. The van der Waals surface area contributed by atoms with Crippen LogP contribution in [0.5, 0.6) is 11.5 Å². The Morgan fingerprint density at radius 2 is 1.88 bits per heavy atom. The van der Waals surface area contributed by atoms with Gasteiger partial charge in [0.2, 0.25) is 0 Å². The van der Waals surface area contributed by atoms with E-state index >= 15 is 0 Å². The highest BCUT2D eigenvalue weighted by Crippen LogP contribution is 2.36. The van der Waals surface area contributed by atoms with Crippen molar-refractivity contribution in [3.63, 3.8) is 0 Å². The first-order chi connectivity index (χ1) is 11.5. The summed E-state index contributed by atoms with van der Waals surface area (Å²) in [5, 5.41) is 3.07. The first kappa shape index (κ1) is 16.8. The summed E-state index contributed by atoms with van der Waals surface area (Å²) >= 11 is 1.50. The molecule has 0 saturated heterocycles. The Balaban J connectivity index is 1.72. The van der Waals surface area contributed by atoms with Crippen molar-refractivity contribution < 1.29 is 14.3 Å². The Morgan fingerprint density at radius 1 is 1.12 bits per heavy atom. The minimum absolute atomic E-state index is 0.00283. The Morgan fingerprint density at radius 3 is 2.62 bits per heavy atom. The number of benzene rings is 1. The molecule has 1 unspecified atom stereocenters. The summed E-state index contributed by atoms with van der Waals surface area (Å²) in [5.41, 5.74) is 1.04. The lowest BCUT2D eigenvalue weighted by atomic mass is 10.1. The maximum Gasteiger partial charge on any atom is 0.261 e. The molecule has 0 fully saturated rings. The van der Waals surface area contributed by atoms with Crippen molar-refractivity contribution in [2.75, 3.05) is 13.2 Å². The number of nitrogens with one attached hydrogen (secondary N) is 1. The molecule has 3 rings (SSSR count). The number of fused-ring (bicyclic) bond motifs is 1. The molecule has 128 valence electrons. The fraction of sp³-hybridized carbons (Fsp3) is 0.421. The highest BCUT2D eigenvalue weighted by molar-refractivity contribution is 7.17. The van der Waals surface area contributed by atoms with Crippen LogP contribution in [0.15, 0.2) is 30.3 Å². The molecule has 5 heteroatoms. The summed E-state index contributed by atoms with van der Waals surface area (Å²) in [4.78, 5) is 14.2. The first-order valence-electron chi connectivity index (χ1n) is 8.33. The van der Waals surface area contributed by atoms with E-state index < -0.39 is 0 Å². The van der Waals surface area contributed by atoms with E-state index in [1.54, 1.807) is 0 Å². The molecule has 1 atom stereocenters. The van der Waals surface area contributed by atoms with Gasteiger partial charge in [0.1, 0.15) is 13.2 Å². The van der Waals surface area contributed by atoms with Crippen LogP contribution in [-0.2, 0) is 0 Å². The van der Waals surface area contributed by atoms with Crippen LogP contribution in [0, 0.1) is 5.92 Å². The summed E-state index contributed by atoms with van der Waals surface area (Å²) in [6.45, 7) is 7.53. The van der Waals surface area contributed by atoms with Gasteiger partial charge >= 0.3 is 0 Å². The van der Waals surface area contributed by atoms with Crippen molar-refractivity contribution in [3.8, 4) is 21.9 Å². The van der Waals surface area contributed by atoms with Crippen molar-refractivity contribution in [3.05, 3.63) is 35.2 Å². The van der Waals surface area contributed by atoms with Gasteiger partial charge < -0.3 is 14.8 Å². The molecule has 4 nitrogen and oxygen atoms in total. The fourth-order valence-corrected chi connectivity index (χ4v) is 3.78. The molecule has 0 spiro atoms. The van der Waals surface area contributed by atoms with Crippen molar-refractivity contribution >= 4 is 17.2 Å². The van der Waals surface area contributed by atoms with E-state index in [1.165, 1.54) is 11.3 Å². The van der Waals surface area contributed by atoms with Crippen LogP contribution in [0.1, 0.15) is 36.9 Å². The van der Waals surface area contributed by atoms with Gasteiger partial charge in [0.25, 0.3) is 5.91 Å². The average molecular weight is 345 g/mol. The fourth-order valence-electron chi connectivity index (χ4n) is 2.87. The normalized spacial score (nSPS) is 14.5. The first-order valence-corrected chi connectivity index (χ1v) is 9.15. The molecule has 1 aliphatic rings. The van der Waals surface area contributed by atoms with Gasteiger partial charge in [-0.1, -0.05) is 13.8 Å². The van der Waals surface area contributed by atoms with Crippen LogP contribution in [0.4, 0.5) is 0 Å². The molecule has 0 radical (unpaired) electrons. The summed E-state index contributed by atoms with van der Waals surface area (Å²) in [7, 11) is 0. The number of ether oxygens (including phenoxy) is 2. The van der Waals surface area contributed by atoms with E-state index in [2.05, 4.69) is 19.2 Å². The topological polar surface area (TPSA) is 47.6 Å². The van der Waals surface area contributed by atoms with E-state index in [0.717, 1.165) is 33.2 Å². The average Bonchev–Trinajstić information content (AvgIpc) is 3.03. The standard InChI is InChI=1S/C19H23NO3S/c1-12(2)10-13(3)20-19(21)18-7-6-17(24-18)14-4-5-15-16(11-14)23-9-8-22-15/h4-7,11-13H,8-10H2,1-3H3,(H,20,21). The predicted molar refractivity (Wildman–Crippen MR) is 97.1 cm³/mol. The zero-order chi connectivity index (χ0) is 17.1. The molecule has 1 N–H and O–H groups in total. The van der Waals surface area contributed by atoms with Gasteiger partial charge in [0, 0.05) is 10.9 Å². The molecule has 0 aliphatic carbocycles. The van der Waals surface area contributed by atoms with Gasteiger partial charge in [0.15, 0.2) is 11.5 Å². The highest BCUT2D eigenvalue weighted by Gasteiger charge is 2.16. The number of rotatable bonds is 5. The Kier molecular flexibility index (Phi) is 5.09. The van der Waals surface area contributed by atoms with Gasteiger partial charge in [-0.05, 0) is 55.2 Å². The number of carbonyl (C=O) groups is 1. The molecule has 2 heterocycles. The van der Waals surface area contributed by atoms with Gasteiger partial charge in [-0.3, -0.25) is 4.79 Å². The maximum atomic E-state index is 12.4. The number of carbonyl (C=O) groups excluding carboxylic acids is 1. The summed E-state index contributed by atoms with van der Waals surface area (Å²) in [5.74, 6) is 2.11. The molecule has 1 aromatic carbocycles. The molecule has 1 aromatic heterocycles. The summed E-state index contributed by atoms with van der Waals surface area (Å²) in [6, 6.07) is 9.95. The van der Waals surface area contributed by atoms with E-state index in [4.69, 9.17) is 9.47 Å². The van der Waals surface area contributed by atoms with Gasteiger partial charge in [0.05, 0.1) is 4.88 Å². The van der Waals surface area contributed by atoms with E-state index in [-0.39, 0.29) is 11.9 Å². The third kappa shape index (κ3) is 3.90. The van der Waals surface area contributed by atoms with Crippen molar-refractivity contribution in [2.45, 2.75) is 33.2 Å². The van der Waals surface area contributed by atoms with Crippen LogP contribution in [0.3, 0.4) is 0 Å². The lowest BCUT2D eigenvalue weighted by molar-refractivity contribution is 0.0940. The maximum absolute atomic E-state index is 12.4. The summed E-state index contributed by atoms with van der Waals surface area (Å²) in [6.07, 6.45) is 0.978. The minimum Gasteiger partial charge on any atom is -0.486 e. The highest BCUT2D eigenvalue weighted by atomic mass is 32.1. The Hall–Kier alpha value is -2.01. The van der Waals surface area contributed by atoms with Crippen LogP contribution in [0.2, 0.25) is 0 Å². The molecule has 2 aromatic rings. The van der Waals surface area contributed by atoms with Crippen molar-refractivity contribution in [2.24, 2.45) is 5.92 Å². The molecule has 0 bridgehead atoms. The second kappa shape index (κ2) is 7.26. The molecule has 1 aliphatic heterocycles. The number of thiophene rings is 1.